The predicted molar refractivity (Wildman–Crippen MR) is 71.6 cm³/mol. The van der Waals surface area contributed by atoms with Gasteiger partial charge in [0.05, 0.1) is 11.3 Å². The van der Waals surface area contributed by atoms with E-state index in [0.29, 0.717) is 16.3 Å². The summed E-state index contributed by atoms with van der Waals surface area (Å²) in [6.45, 7) is 0. The van der Waals surface area contributed by atoms with Crippen LogP contribution in [-0.2, 0) is 0 Å². The van der Waals surface area contributed by atoms with Gasteiger partial charge in [0, 0.05) is 15.6 Å². The van der Waals surface area contributed by atoms with Crippen LogP contribution in [0.3, 0.4) is 0 Å². The maximum absolute atomic E-state index is 8.87. The first-order valence-electron chi connectivity index (χ1n) is 4.78. The zero-order valence-electron chi connectivity index (χ0n) is 8.72. The highest BCUT2D eigenvalue weighted by atomic mass is 79.9. The maximum atomic E-state index is 8.87. The molecule has 0 aliphatic heterocycles. The average molecular weight is 306 g/mol. The van der Waals surface area contributed by atoms with E-state index in [1.807, 2.05) is 30.3 Å². The van der Waals surface area contributed by atoms with Crippen molar-refractivity contribution in [2.45, 2.75) is 9.92 Å². The molecular weight excluding hydrogens is 298 g/mol. The second-order valence-corrected chi connectivity index (χ2v) is 5.22. The molecule has 0 saturated heterocycles. The van der Waals surface area contributed by atoms with Crippen molar-refractivity contribution in [1.29, 1.82) is 5.26 Å². The molecule has 3 nitrogen and oxygen atoms in total. The smallest absolute Gasteiger partial charge is 0.125 e. The van der Waals surface area contributed by atoms with Crippen LogP contribution < -0.4 is 5.73 Å². The topological polar surface area (TPSA) is 62.7 Å². The van der Waals surface area contributed by atoms with Crippen molar-refractivity contribution >= 4 is 33.4 Å². The van der Waals surface area contributed by atoms with Gasteiger partial charge in [0.25, 0.3) is 0 Å². The van der Waals surface area contributed by atoms with Gasteiger partial charge in [-0.3, -0.25) is 0 Å². The number of nitriles is 1. The third-order valence-corrected chi connectivity index (χ3v) is 3.66. The third-order valence-electron chi connectivity index (χ3n) is 2.10. The fourth-order valence-electron chi connectivity index (χ4n) is 1.25. The van der Waals surface area contributed by atoms with Crippen LogP contribution in [0.1, 0.15) is 5.56 Å². The Balaban J connectivity index is 2.31. The van der Waals surface area contributed by atoms with Gasteiger partial charge in [0.2, 0.25) is 0 Å². The van der Waals surface area contributed by atoms with Crippen LogP contribution in [0.2, 0.25) is 0 Å². The fraction of sp³-hybridized carbons (Fsp3) is 0. The maximum Gasteiger partial charge on any atom is 0.125 e. The van der Waals surface area contributed by atoms with Crippen molar-refractivity contribution in [2.24, 2.45) is 0 Å². The molecule has 0 unspecified atom stereocenters. The van der Waals surface area contributed by atoms with E-state index in [0.717, 1.165) is 9.37 Å². The zero-order valence-corrected chi connectivity index (χ0v) is 11.1. The Hall–Kier alpha value is -1.51. The monoisotopic (exact) mass is 305 g/mol. The highest BCUT2D eigenvalue weighted by Gasteiger charge is 2.07. The van der Waals surface area contributed by atoms with E-state index in [4.69, 9.17) is 11.0 Å². The number of rotatable bonds is 2. The summed E-state index contributed by atoms with van der Waals surface area (Å²) in [5, 5.41) is 9.53. The summed E-state index contributed by atoms with van der Waals surface area (Å²) in [5.74, 6) is 0. The van der Waals surface area contributed by atoms with E-state index in [1.165, 1.54) is 11.8 Å². The Labute approximate surface area is 112 Å². The normalized spacial score (nSPS) is 9.88. The quantitative estimate of drug-likeness (QED) is 0.923. The molecule has 0 radical (unpaired) electrons. The molecule has 84 valence electrons. The van der Waals surface area contributed by atoms with E-state index in [1.54, 1.807) is 12.3 Å². The molecule has 2 aromatic rings. The standard InChI is InChI=1S/C12H8BrN3S/c13-9-1-3-10(4-2-9)17-12-11(15)8(7-14)5-6-16-12/h1-6H,15H2. The fourth-order valence-corrected chi connectivity index (χ4v) is 2.34. The first-order valence-corrected chi connectivity index (χ1v) is 6.39. The van der Waals surface area contributed by atoms with Crippen LogP contribution in [0, 0.1) is 11.3 Å². The molecule has 0 saturated carbocycles. The molecule has 0 spiro atoms. The van der Waals surface area contributed by atoms with E-state index in [2.05, 4.69) is 20.9 Å². The van der Waals surface area contributed by atoms with Gasteiger partial charge in [-0.1, -0.05) is 27.7 Å². The zero-order chi connectivity index (χ0) is 12.3. The number of benzene rings is 1. The Kier molecular flexibility index (Phi) is 3.67. The highest BCUT2D eigenvalue weighted by molar-refractivity contribution is 9.10. The predicted octanol–water partition coefficient (Wildman–Crippen LogP) is 3.45. The molecule has 5 heteroatoms. The van der Waals surface area contributed by atoms with Crippen molar-refractivity contribution in [1.82, 2.24) is 4.98 Å². The molecule has 1 aromatic heterocycles. The largest absolute Gasteiger partial charge is 0.395 e. The molecule has 0 aliphatic carbocycles. The first kappa shape index (κ1) is 12.0. The molecule has 0 fully saturated rings. The minimum absolute atomic E-state index is 0.433. The van der Waals surface area contributed by atoms with Crippen molar-refractivity contribution in [3.05, 3.63) is 46.6 Å². The number of nitrogen functional groups attached to an aromatic ring is 1. The lowest BCUT2D eigenvalue weighted by Crippen LogP contribution is -1.95. The Bertz CT molecular complexity index is 575. The average Bonchev–Trinajstić information content (AvgIpc) is 2.35. The van der Waals surface area contributed by atoms with E-state index in [9.17, 15) is 0 Å². The molecule has 17 heavy (non-hydrogen) atoms. The van der Waals surface area contributed by atoms with Gasteiger partial charge in [-0.2, -0.15) is 5.26 Å². The van der Waals surface area contributed by atoms with E-state index < -0.39 is 0 Å². The molecule has 0 aliphatic rings. The minimum Gasteiger partial charge on any atom is -0.395 e. The van der Waals surface area contributed by atoms with Crippen LogP contribution >= 0.6 is 27.7 Å². The number of halogens is 1. The third kappa shape index (κ3) is 2.78. The summed E-state index contributed by atoms with van der Waals surface area (Å²) < 4.78 is 1.02. The molecular formula is C12H8BrN3S. The number of hydrogen-bond donors (Lipinski definition) is 1. The van der Waals surface area contributed by atoms with Crippen molar-refractivity contribution in [3.8, 4) is 6.07 Å². The van der Waals surface area contributed by atoms with Crippen molar-refractivity contribution < 1.29 is 0 Å². The van der Waals surface area contributed by atoms with Crippen LogP contribution in [0.5, 0.6) is 0 Å². The number of aromatic nitrogens is 1. The summed E-state index contributed by atoms with van der Waals surface area (Å²) in [4.78, 5) is 5.21. The molecule has 1 aromatic carbocycles. The first-order chi connectivity index (χ1) is 8.20. The summed E-state index contributed by atoms with van der Waals surface area (Å²) in [6, 6.07) is 11.5. The summed E-state index contributed by atoms with van der Waals surface area (Å²) in [5.41, 5.74) is 6.75. The number of anilines is 1. The van der Waals surface area contributed by atoms with Crippen molar-refractivity contribution in [2.75, 3.05) is 5.73 Å². The second kappa shape index (κ2) is 5.21. The summed E-state index contributed by atoms with van der Waals surface area (Å²) in [6.07, 6.45) is 1.59. The lowest BCUT2D eigenvalue weighted by Gasteiger charge is -2.05. The lowest BCUT2D eigenvalue weighted by atomic mass is 10.2. The summed E-state index contributed by atoms with van der Waals surface area (Å²) >= 11 is 4.82. The Morgan fingerprint density at radius 1 is 1.24 bits per heavy atom. The van der Waals surface area contributed by atoms with E-state index >= 15 is 0 Å². The van der Waals surface area contributed by atoms with Gasteiger partial charge in [-0.05, 0) is 30.3 Å². The van der Waals surface area contributed by atoms with Crippen LogP contribution in [0.15, 0.2) is 50.9 Å². The molecule has 2 N–H and O–H groups in total. The number of pyridine rings is 1. The lowest BCUT2D eigenvalue weighted by molar-refractivity contribution is 1.13. The molecule has 0 atom stereocenters. The van der Waals surface area contributed by atoms with Crippen LogP contribution in [0.4, 0.5) is 5.69 Å². The van der Waals surface area contributed by atoms with Gasteiger partial charge >= 0.3 is 0 Å². The Morgan fingerprint density at radius 3 is 2.59 bits per heavy atom. The van der Waals surface area contributed by atoms with Crippen LogP contribution in [-0.4, -0.2) is 4.98 Å². The van der Waals surface area contributed by atoms with Gasteiger partial charge in [0.15, 0.2) is 0 Å². The van der Waals surface area contributed by atoms with Gasteiger partial charge in [-0.25, -0.2) is 4.98 Å². The number of nitrogens with two attached hydrogens (primary N) is 1. The molecule has 0 amide bonds. The van der Waals surface area contributed by atoms with E-state index in [-0.39, 0.29) is 0 Å². The highest BCUT2D eigenvalue weighted by Crippen LogP contribution is 2.32. The molecule has 0 bridgehead atoms. The summed E-state index contributed by atoms with van der Waals surface area (Å²) in [7, 11) is 0. The number of nitrogens with zero attached hydrogens (tertiary/aromatic N) is 2. The van der Waals surface area contributed by atoms with Gasteiger partial charge in [0.1, 0.15) is 11.1 Å². The molecule has 2 rings (SSSR count). The molecule has 1 heterocycles. The SMILES string of the molecule is N#Cc1ccnc(Sc2ccc(Br)cc2)c1N. The Morgan fingerprint density at radius 2 is 1.94 bits per heavy atom. The van der Waals surface area contributed by atoms with Gasteiger partial charge < -0.3 is 5.73 Å². The van der Waals surface area contributed by atoms with Gasteiger partial charge in [-0.15, -0.1) is 0 Å². The van der Waals surface area contributed by atoms with Crippen LogP contribution in [0.25, 0.3) is 0 Å². The number of hydrogen-bond acceptors (Lipinski definition) is 4. The minimum atomic E-state index is 0.433. The van der Waals surface area contributed by atoms with Crippen molar-refractivity contribution in [3.63, 3.8) is 0 Å². The second-order valence-electron chi connectivity index (χ2n) is 3.25.